The molecule has 35 heavy (non-hydrogen) atoms. The lowest BCUT2D eigenvalue weighted by Crippen LogP contribution is -2.41. The quantitative estimate of drug-likeness (QED) is 0.307. The molecule has 1 aliphatic rings. The highest BCUT2D eigenvalue weighted by Gasteiger charge is 2.64. The van der Waals surface area contributed by atoms with Gasteiger partial charge in [-0.2, -0.15) is 0 Å². The molecule has 8 heteroatoms. The van der Waals surface area contributed by atoms with Crippen LogP contribution >= 0.6 is 0 Å². The van der Waals surface area contributed by atoms with E-state index in [9.17, 15) is 14.8 Å². The lowest BCUT2D eigenvalue weighted by Gasteiger charge is -2.20. The molecule has 0 bridgehead atoms. The first-order valence-electron chi connectivity index (χ1n) is 11.9. The molecule has 1 fully saturated rings. The minimum absolute atomic E-state index is 0.219. The maximum atomic E-state index is 13.3. The second-order valence-electron chi connectivity index (χ2n) is 9.11. The van der Waals surface area contributed by atoms with Crippen LogP contribution in [-0.2, 0) is 21.6 Å². The summed E-state index contributed by atoms with van der Waals surface area (Å²) in [4.78, 5) is 32.2. The summed E-state index contributed by atoms with van der Waals surface area (Å²) in [6.07, 6.45) is 0.326. The summed E-state index contributed by atoms with van der Waals surface area (Å²) in [5.41, 5.74) is 4.23. The normalized spacial score (nSPS) is 18.9. The molecule has 1 saturated carbocycles. The third-order valence-corrected chi connectivity index (χ3v) is 6.79. The minimum atomic E-state index is -1.03. The zero-order valence-electron chi connectivity index (χ0n) is 20.4. The largest absolute Gasteiger partial charge is 0.489 e. The highest BCUT2D eigenvalue weighted by Crippen LogP contribution is 2.55. The Kier molecular flexibility index (Phi) is 7.33. The van der Waals surface area contributed by atoms with Crippen LogP contribution in [0.15, 0.2) is 54.6 Å². The van der Waals surface area contributed by atoms with E-state index >= 15 is 0 Å². The van der Waals surface area contributed by atoms with Crippen molar-refractivity contribution in [1.29, 1.82) is 0 Å². The smallest absolute Gasteiger partial charge is 0.247 e. The van der Waals surface area contributed by atoms with Gasteiger partial charge in [0, 0.05) is 29.7 Å². The summed E-state index contributed by atoms with van der Waals surface area (Å²) in [6.45, 7) is 6.41. The number of likely N-dealkylation sites (N-methyl/N-ethyl adjacent to an activating group) is 1. The number of aryl methyl sites for hydroxylation is 1. The lowest BCUT2D eigenvalue weighted by atomic mass is 9.91. The molecule has 0 radical (unpaired) electrons. The zero-order valence-corrected chi connectivity index (χ0v) is 20.4. The molecule has 4 rings (SSSR count). The average molecular weight is 477 g/mol. The second-order valence-corrected chi connectivity index (χ2v) is 9.11. The maximum absolute atomic E-state index is 13.3. The number of carbonyl (C=O) groups excluding carboxylic acids is 2. The predicted molar refractivity (Wildman–Crippen MR) is 133 cm³/mol. The van der Waals surface area contributed by atoms with Crippen LogP contribution in [0.1, 0.15) is 30.2 Å². The first-order chi connectivity index (χ1) is 16.9. The molecule has 2 atom stereocenters. The van der Waals surface area contributed by atoms with Gasteiger partial charge in [0.1, 0.15) is 12.4 Å². The van der Waals surface area contributed by atoms with E-state index in [-0.39, 0.29) is 5.91 Å². The van der Waals surface area contributed by atoms with Crippen LogP contribution in [0.4, 0.5) is 0 Å². The van der Waals surface area contributed by atoms with E-state index in [4.69, 9.17) is 4.74 Å². The first-order valence-corrected chi connectivity index (χ1v) is 11.9. The molecular weight excluding hydrogens is 444 g/mol. The van der Waals surface area contributed by atoms with Gasteiger partial charge in [-0.05, 0) is 56.8 Å². The van der Waals surface area contributed by atoms with Crippen LogP contribution in [-0.4, -0.2) is 53.6 Å². The Labute approximate surface area is 205 Å². The summed E-state index contributed by atoms with van der Waals surface area (Å²) >= 11 is 0. The van der Waals surface area contributed by atoms with E-state index in [1.54, 1.807) is 5.48 Å². The standard InChI is InChI=1S/C27H32N4O4/c1-4-31(3)13-12-28-26(33)27(16-23(27)25(32)30-34)20-8-7-9-21(15-20)35-17-19-14-18(2)29-24-11-6-5-10-22(19)24/h5-11,14-15,23,34H,4,12-13,16-17H2,1-3H3,(H,28,33)(H,30,32)/t23-,27-/m0/s1. The number of hydroxylamine groups is 1. The molecular formula is C27H32N4O4. The molecule has 1 aliphatic carbocycles. The van der Waals surface area contributed by atoms with Crippen LogP contribution in [0.2, 0.25) is 0 Å². The van der Waals surface area contributed by atoms with Crippen molar-refractivity contribution >= 4 is 22.7 Å². The average Bonchev–Trinajstić information content (AvgIpc) is 3.64. The van der Waals surface area contributed by atoms with Crippen molar-refractivity contribution in [2.75, 3.05) is 26.7 Å². The Morgan fingerprint density at radius 3 is 2.77 bits per heavy atom. The van der Waals surface area contributed by atoms with Crippen LogP contribution < -0.4 is 15.5 Å². The van der Waals surface area contributed by atoms with Crippen LogP contribution in [0.25, 0.3) is 10.9 Å². The van der Waals surface area contributed by atoms with Crippen molar-refractivity contribution in [1.82, 2.24) is 20.7 Å². The molecule has 1 aromatic heterocycles. The number of hydrogen-bond donors (Lipinski definition) is 3. The number of rotatable bonds is 10. The molecule has 3 aromatic rings. The Morgan fingerprint density at radius 2 is 2.00 bits per heavy atom. The number of para-hydroxylation sites is 1. The molecule has 0 spiro atoms. The van der Waals surface area contributed by atoms with E-state index in [0.29, 0.717) is 37.4 Å². The molecule has 2 aromatic carbocycles. The molecule has 184 valence electrons. The minimum Gasteiger partial charge on any atom is -0.489 e. The van der Waals surface area contributed by atoms with Gasteiger partial charge >= 0.3 is 0 Å². The third kappa shape index (κ3) is 5.13. The number of aromatic nitrogens is 1. The van der Waals surface area contributed by atoms with E-state index < -0.39 is 17.2 Å². The summed E-state index contributed by atoms with van der Waals surface area (Å²) in [5.74, 6) is -0.813. The van der Waals surface area contributed by atoms with Gasteiger partial charge in [-0.1, -0.05) is 37.3 Å². The molecule has 0 saturated heterocycles. The summed E-state index contributed by atoms with van der Waals surface area (Å²) < 4.78 is 6.13. The highest BCUT2D eigenvalue weighted by atomic mass is 16.5. The van der Waals surface area contributed by atoms with Gasteiger partial charge in [0.15, 0.2) is 0 Å². The van der Waals surface area contributed by atoms with Gasteiger partial charge in [0.05, 0.1) is 16.8 Å². The number of amides is 2. The van der Waals surface area contributed by atoms with E-state index in [2.05, 4.69) is 15.2 Å². The second kappa shape index (κ2) is 10.4. The molecule has 2 amide bonds. The number of ether oxygens (including phenoxy) is 1. The number of benzene rings is 2. The van der Waals surface area contributed by atoms with Gasteiger partial charge in [-0.15, -0.1) is 0 Å². The van der Waals surface area contributed by atoms with Gasteiger partial charge < -0.3 is 15.0 Å². The van der Waals surface area contributed by atoms with Gasteiger partial charge in [0.2, 0.25) is 11.8 Å². The van der Waals surface area contributed by atoms with Crippen LogP contribution in [0.3, 0.4) is 0 Å². The van der Waals surface area contributed by atoms with Gasteiger partial charge in [-0.25, -0.2) is 5.48 Å². The maximum Gasteiger partial charge on any atom is 0.247 e. The van der Waals surface area contributed by atoms with E-state index in [1.165, 1.54) is 0 Å². The number of fused-ring (bicyclic) bond motifs is 1. The number of pyridine rings is 1. The predicted octanol–water partition coefficient (Wildman–Crippen LogP) is 2.95. The van der Waals surface area contributed by atoms with E-state index in [1.807, 2.05) is 75.5 Å². The van der Waals surface area contributed by atoms with Gasteiger partial charge in [-0.3, -0.25) is 19.8 Å². The van der Waals surface area contributed by atoms with Crippen LogP contribution in [0.5, 0.6) is 5.75 Å². The fourth-order valence-electron chi connectivity index (χ4n) is 4.57. The Balaban J connectivity index is 1.55. The zero-order chi connectivity index (χ0) is 25.0. The number of nitrogens with one attached hydrogen (secondary N) is 2. The Bertz CT molecular complexity index is 1230. The fourth-order valence-corrected chi connectivity index (χ4v) is 4.57. The summed E-state index contributed by atoms with van der Waals surface area (Å²) in [5, 5.41) is 13.2. The topological polar surface area (TPSA) is 104 Å². The van der Waals surface area contributed by atoms with Crippen molar-refractivity contribution in [2.45, 2.75) is 32.3 Å². The van der Waals surface area contributed by atoms with Crippen molar-refractivity contribution in [3.8, 4) is 5.75 Å². The van der Waals surface area contributed by atoms with Crippen molar-refractivity contribution in [3.63, 3.8) is 0 Å². The number of nitrogens with zero attached hydrogens (tertiary/aromatic N) is 2. The lowest BCUT2D eigenvalue weighted by molar-refractivity contribution is -0.133. The molecule has 0 aliphatic heterocycles. The van der Waals surface area contributed by atoms with Crippen molar-refractivity contribution in [2.24, 2.45) is 5.92 Å². The number of hydrogen-bond acceptors (Lipinski definition) is 6. The third-order valence-electron chi connectivity index (χ3n) is 6.79. The Hall–Kier alpha value is -3.49. The molecule has 3 N–H and O–H groups in total. The summed E-state index contributed by atoms with van der Waals surface area (Å²) in [7, 11) is 1.98. The molecule has 1 heterocycles. The SMILES string of the molecule is CCN(C)CCNC(=O)[C@]1(c2cccc(OCc3cc(C)nc4ccccc34)c2)C[C@H]1C(=O)NO. The summed E-state index contributed by atoms with van der Waals surface area (Å²) in [6, 6.07) is 17.3. The fraction of sp³-hybridized carbons (Fsp3) is 0.370. The monoisotopic (exact) mass is 476 g/mol. The van der Waals surface area contributed by atoms with Crippen molar-refractivity contribution in [3.05, 3.63) is 71.4 Å². The first kappa shape index (κ1) is 24.6. The highest BCUT2D eigenvalue weighted by molar-refractivity contribution is 6.00. The van der Waals surface area contributed by atoms with Crippen molar-refractivity contribution < 1.29 is 19.5 Å². The molecule has 0 unspecified atom stereocenters. The Morgan fingerprint density at radius 1 is 1.20 bits per heavy atom. The van der Waals surface area contributed by atoms with Gasteiger partial charge in [0.25, 0.3) is 0 Å². The number of carbonyl (C=O) groups is 2. The van der Waals surface area contributed by atoms with Crippen LogP contribution in [0, 0.1) is 12.8 Å². The molecule has 8 nitrogen and oxygen atoms in total. The van der Waals surface area contributed by atoms with E-state index in [0.717, 1.165) is 28.7 Å².